The van der Waals surface area contributed by atoms with E-state index >= 15 is 0 Å². The Kier molecular flexibility index (Phi) is 5.40. The lowest BCUT2D eigenvalue weighted by atomic mass is 9.92. The van der Waals surface area contributed by atoms with Gasteiger partial charge < -0.3 is 10.4 Å². The molecule has 114 valence electrons. The van der Waals surface area contributed by atoms with E-state index in [9.17, 15) is 24.8 Å². The number of carboxylic acids is 1. The second-order valence-corrected chi connectivity index (χ2v) is 4.71. The van der Waals surface area contributed by atoms with E-state index in [2.05, 4.69) is 5.32 Å². The van der Waals surface area contributed by atoms with Crippen LogP contribution in [0.25, 0.3) is 0 Å². The second kappa shape index (κ2) is 6.83. The molecule has 0 aromatic heterocycles. The van der Waals surface area contributed by atoms with Crippen molar-refractivity contribution in [1.82, 2.24) is 5.32 Å². The van der Waals surface area contributed by atoms with Gasteiger partial charge in [0.25, 0.3) is 5.69 Å². The molecule has 0 fully saturated rings. The number of nitro groups is 1. The largest absolute Gasteiger partial charge is 0.480 e. The van der Waals surface area contributed by atoms with Crippen molar-refractivity contribution in [3.63, 3.8) is 0 Å². The topological polar surface area (TPSA) is 110 Å². The van der Waals surface area contributed by atoms with Crippen LogP contribution in [0.3, 0.4) is 0 Å². The van der Waals surface area contributed by atoms with E-state index in [1.165, 1.54) is 18.2 Å². The summed E-state index contributed by atoms with van der Waals surface area (Å²) in [5.74, 6) is -1.65. The van der Waals surface area contributed by atoms with Crippen molar-refractivity contribution < 1.29 is 19.6 Å². The maximum Gasteiger partial charge on any atom is 0.329 e. The molecule has 21 heavy (non-hydrogen) atoms. The lowest BCUT2D eigenvalue weighted by Gasteiger charge is -2.28. The van der Waals surface area contributed by atoms with E-state index in [0.717, 1.165) is 0 Å². The molecule has 0 saturated carbocycles. The van der Waals surface area contributed by atoms with Gasteiger partial charge in [0.2, 0.25) is 5.91 Å². The van der Waals surface area contributed by atoms with Crippen LogP contribution in [0.4, 0.5) is 5.69 Å². The van der Waals surface area contributed by atoms with Gasteiger partial charge in [-0.25, -0.2) is 4.79 Å². The molecule has 0 aliphatic carbocycles. The fourth-order valence-electron chi connectivity index (χ4n) is 2.11. The fraction of sp³-hybridized carbons (Fsp3) is 0.429. The number of carbonyl (C=O) groups excluding carboxylic acids is 1. The van der Waals surface area contributed by atoms with Crippen LogP contribution in [0.2, 0.25) is 0 Å². The molecule has 7 nitrogen and oxygen atoms in total. The third-order valence-electron chi connectivity index (χ3n) is 3.53. The molecule has 0 unspecified atom stereocenters. The quantitative estimate of drug-likeness (QED) is 0.589. The predicted octanol–water partition coefficient (Wildman–Crippen LogP) is 1.90. The van der Waals surface area contributed by atoms with Gasteiger partial charge in [0, 0.05) is 11.6 Å². The lowest BCUT2D eigenvalue weighted by molar-refractivity contribution is -0.385. The molecule has 1 amide bonds. The van der Waals surface area contributed by atoms with Crippen molar-refractivity contribution >= 4 is 17.6 Å². The third-order valence-corrected chi connectivity index (χ3v) is 3.53. The Balaban J connectivity index is 2.92. The zero-order valence-electron chi connectivity index (χ0n) is 12.0. The fourth-order valence-corrected chi connectivity index (χ4v) is 2.11. The first-order chi connectivity index (χ1) is 9.86. The minimum Gasteiger partial charge on any atom is -0.480 e. The van der Waals surface area contributed by atoms with Gasteiger partial charge in [-0.2, -0.15) is 0 Å². The molecule has 0 bridgehead atoms. The molecule has 0 saturated heterocycles. The number of aliphatic carboxylic acids is 1. The highest BCUT2D eigenvalue weighted by Crippen LogP contribution is 2.20. The van der Waals surface area contributed by atoms with E-state index < -0.39 is 22.3 Å². The number of nitro benzene ring substituents is 1. The van der Waals surface area contributed by atoms with Gasteiger partial charge in [-0.15, -0.1) is 0 Å². The summed E-state index contributed by atoms with van der Waals surface area (Å²) in [6.07, 6.45) is 0.245. The molecule has 2 N–H and O–H groups in total. The molecule has 1 aromatic carbocycles. The van der Waals surface area contributed by atoms with Gasteiger partial charge in [0.05, 0.1) is 11.3 Å². The van der Waals surface area contributed by atoms with Gasteiger partial charge in [0.15, 0.2) is 0 Å². The van der Waals surface area contributed by atoms with Crippen molar-refractivity contribution in [2.75, 3.05) is 0 Å². The van der Waals surface area contributed by atoms with Gasteiger partial charge in [0.1, 0.15) is 5.54 Å². The summed E-state index contributed by atoms with van der Waals surface area (Å²) >= 11 is 0. The molecule has 0 aliphatic rings. The minimum atomic E-state index is -1.33. The molecule has 1 aromatic rings. The number of hydrogen-bond acceptors (Lipinski definition) is 4. The SMILES string of the molecule is CCC(CC)(NC(=O)Cc1ccccc1[N+](=O)[O-])C(=O)O. The molecular weight excluding hydrogens is 276 g/mol. The van der Waals surface area contributed by atoms with E-state index in [-0.39, 0.29) is 30.5 Å². The van der Waals surface area contributed by atoms with E-state index in [0.29, 0.717) is 0 Å². The van der Waals surface area contributed by atoms with Gasteiger partial charge in [-0.3, -0.25) is 14.9 Å². The number of rotatable bonds is 7. The molecule has 0 atom stereocenters. The lowest BCUT2D eigenvalue weighted by Crippen LogP contribution is -2.54. The van der Waals surface area contributed by atoms with Gasteiger partial charge in [-0.05, 0) is 12.8 Å². The average molecular weight is 294 g/mol. The van der Waals surface area contributed by atoms with Gasteiger partial charge in [-0.1, -0.05) is 32.0 Å². The molecule has 0 radical (unpaired) electrons. The summed E-state index contributed by atoms with van der Waals surface area (Å²) in [6.45, 7) is 3.34. The number of benzene rings is 1. The van der Waals surface area contributed by atoms with Crippen LogP contribution in [0.5, 0.6) is 0 Å². The monoisotopic (exact) mass is 294 g/mol. The molecule has 0 spiro atoms. The highest BCUT2D eigenvalue weighted by Gasteiger charge is 2.36. The summed E-state index contributed by atoms with van der Waals surface area (Å²) in [7, 11) is 0. The number of hydrogen-bond donors (Lipinski definition) is 2. The zero-order chi connectivity index (χ0) is 16.0. The van der Waals surface area contributed by atoms with Crippen molar-refractivity contribution in [3.8, 4) is 0 Å². The van der Waals surface area contributed by atoms with Crippen LogP contribution in [0, 0.1) is 10.1 Å². The summed E-state index contributed by atoms with van der Waals surface area (Å²) in [6, 6.07) is 5.91. The zero-order valence-corrected chi connectivity index (χ0v) is 12.0. The Morgan fingerprint density at radius 1 is 1.29 bits per heavy atom. The van der Waals surface area contributed by atoms with Crippen molar-refractivity contribution in [2.24, 2.45) is 0 Å². The minimum absolute atomic E-state index is 0.151. The first-order valence-corrected chi connectivity index (χ1v) is 6.63. The number of nitrogens with zero attached hydrogens (tertiary/aromatic N) is 1. The van der Waals surface area contributed by atoms with Crippen molar-refractivity contribution in [2.45, 2.75) is 38.6 Å². The first-order valence-electron chi connectivity index (χ1n) is 6.63. The van der Waals surface area contributed by atoms with Crippen LogP contribution < -0.4 is 5.32 Å². The average Bonchev–Trinajstić information content (AvgIpc) is 2.44. The van der Waals surface area contributed by atoms with E-state index in [4.69, 9.17) is 0 Å². The summed E-state index contributed by atoms with van der Waals surface area (Å²) < 4.78 is 0. The molecule has 7 heteroatoms. The Bertz CT molecular complexity index is 552. The normalized spacial score (nSPS) is 11.0. The number of nitrogens with one attached hydrogen (secondary N) is 1. The van der Waals surface area contributed by atoms with Crippen molar-refractivity contribution in [3.05, 3.63) is 39.9 Å². The Morgan fingerprint density at radius 2 is 1.86 bits per heavy atom. The maximum absolute atomic E-state index is 12.0. The predicted molar refractivity (Wildman–Crippen MR) is 75.9 cm³/mol. The van der Waals surface area contributed by atoms with E-state index in [1.54, 1.807) is 19.9 Å². The van der Waals surface area contributed by atoms with E-state index in [1.807, 2.05) is 0 Å². The highest BCUT2D eigenvalue weighted by molar-refractivity contribution is 5.88. The highest BCUT2D eigenvalue weighted by atomic mass is 16.6. The van der Waals surface area contributed by atoms with Crippen LogP contribution in [0.1, 0.15) is 32.3 Å². The molecule has 0 aliphatic heterocycles. The number of carbonyl (C=O) groups is 2. The standard InChI is InChI=1S/C14H18N2O5/c1-3-14(4-2,13(18)19)15-12(17)9-10-7-5-6-8-11(10)16(20)21/h5-8H,3-4,9H2,1-2H3,(H,15,17)(H,18,19). The number of para-hydroxylation sites is 1. The second-order valence-electron chi connectivity index (χ2n) is 4.71. The molecule has 0 heterocycles. The van der Waals surface area contributed by atoms with Crippen LogP contribution in [-0.4, -0.2) is 27.4 Å². The Morgan fingerprint density at radius 3 is 2.33 bits per heavy atom. The molecule has 1 rings (SSSR count). The summed E-state index contributed by atoms with van der Waals surface area (Å²) in [5, 5.41) is 22.6. The maximum atomic E-state index is 12.0. The van der Waals surface area contributed by atoms with Crippen molar-refractivity contribution in [1.29, 1.82) is 0 Å². The summed E-state index contributed by atoms with van der Waals surface area (Å²) in [4.78, 5) is 33.7. The number of amides is 1. The van der Waals surface area contributed by atoms with Gasteiger partial charge >= 0.3 is 5.97 Å². The summed E-state index contributed by atoms with van der Waals surface area (Å²) in [5.41, 5.74) is -1.23. The Hall–Kier alpha value is -2.44. The van der Waals surface area contributed by atoms with Crippen LogP contribution >= 0.6 is 0 Å². The van der Waals surface area contributed by atoms with Crippen LogP contribution in [-0.2, 0) is 16.0 Å². The number of carboxylic acid groups (broad SMARTS) is 1. The van der Waals surface area contributed by atoms with Crippen LogP contribution in [0.15, 0.2) is 24.3 Å². The molecular formula is C14H18N2O5. The Labute approximate surface area is 122 Å². The smallest absolute Gasteiger partial charge is 0.329 e. The third kappa shape index (κ3) is 3.77. The first kappa shape index (κ1) is 16.6.